The minimum absolute atomic E-state index is 0.0416. The van der Waals surface area contributed by atoms with Gasteiger partial charge in [0.1, 0.15) is 0 Å². The number of aromatic nitrogens is 2. The molecule has 9 heteroatoms. The Morgan fingerprint density at radius 1 is 1.36 bits per heavy atom. The van der Waals surface area contributed by atoms with Crippen molar-refractivity contribution in [2.75, 3.05) is 0 Å². The Hall–Kier alpha value is -3.75. The number of hydrazone groups is 1. The third kappa shape index (κ3) is 3.96. The van der Waals surface area contributed by atoms with E-state index in [0.29, 0.717) is 5.56 Å². The van der Waals surface area contributed by atoms with Crippen molar-refractivity contribution in [3.05, 3.63) is 81.9 Å². The van der Waals surface area contributed by atoms with Crippen LogP contribution in [0.15, 0.2) is 64.5 Å². The van der Waals surface area contributed by atoms with Gasteiger partial charge < -0.3 is 14.5 Å². The van der Waals surface area contributed by atoms with Crippen molar-refractivity contribution < 1.29 is 14.1 Å². The average Bonchev–Trinajstić information content (AvgIpc) is 3.25. The Morgan fingerprint density at radius 3 is 2.84 bits per heavy atom. The highest BCUT2D eigenvalue weighted by Crippen LogP contribution is 2.14. The molecule has 25 heavy (non-hydrogen) atoms. The van der Waals surface area contributed by atoms with Gasteiger partial charge in [-0.15, -0.1) is 0 Å². The molecule has 0 radical (unpaired) electrons. The molecule has 1 amide bonds. The molecular weight excluding hydrogens is 326 g/mol. The minimum atomic E-state index is -0.646. The second kappa shape index (κ2) is 7.21. The fourth-order valence-corrected chi connectivity index (χ4v) is 2.12. The minimum Gasteiger partial charge on any atom is -0.472 e. The van der Waals surface area contributed by atoms with Crippen LogP contribution in [0.2, 0.25) is 0 Å². The lowest BCUT2D eigenvalue weighted by Gasteiger charge is -2.02. The van der Waals surface area contributed by atoms with Crippen LogP contribution in [0.25, 0.3) is 0 Å². The van der Waals surface area contributed by atoms with Crippen LogP contribution in [0.3, 0.4) is 0 Å². The first kappa shape index (κ1) is 16.1. The molecule has 0 unspecified atom stereocenters. The number of carbonyl (C=O) groups excluding carboxylic acids is 1. The zero-order valence-corrected chi connectivity index (χ0v) is 12.9. The summed E-state index contributed by atoms with van der Waals surface area (Å²) < 4.78 is 6.15. The molecular formula is C16H13N5O4. The van der Waals surface area contributed by atoms with Gasteiger partial charge in [0.25, 0.3) is 5.91 Å². The Morgan fingerprint density at radius 2 is 2.16 bits per heavy atom. The molecule has 0 saturated heterocycles. The molecule has 0 fully saturated rings. The summed E-state index contributed by atoms with van der Waals surface area (Å²) in [5.74, 6) is -1.00. The molecule has 3 rings (SSSR count). The predicted octanol–water partition coefficient (Wildman–Crippen LogP) is 2.20. The number of rotatable bonds is 6. The number of nitrogens with one attached hydrogen (secondary N) is 1. The van der Waals surface area contributed by atoms with Crippen LogP contribution in [-0.4, -0.2) is 26.8 Å². The topological polar surface area (TPSA) is 116 Å². The van der Waals surface area contributed by atoms with Crippen LogP contribution in [-0.2, 0) is 6.54 Å². The molecule has 0 spiro atoms. The molecule has 2 heterocycles. The van der Waals surface area contributed by atoms with Gasteiger partial charge in [0.2, 0.25) is 0 Å². The lowest BCUT2D eigenvalue weighted by atomic mass is 10.2. The molecule has 9 nitrogen and oxygen atoms in total. The largest absolute Gasteiger partial charge is 0.472 e. The Labute approximate surface area is 141 Å². The van der Waals surface area contributed by atoms with Gasteiger partial charge in [-0.05, 0) is 16.6 Å². The maximum Gasteiger partial charge on any atom is 0.390 e. The number of amides is 1. The van der Waals surface area contributed by atoms with E-state index in [2.05, 4.69) is 15.6 Å². The van der Waals surface area contributed by atoms with Gasteiger partial charge in [-0.3, -0.25) is 4.79 Å². The second-order valence-corrected chi connectivity index (χ2v) is 5.04. The summed E-state index contributed by atoms with van der Waals surface area (Å²) in [6.07, 6.45) is 4.33. The first-order valence-electron chi connectivity index (χ1n) is 7.25. The van der Waals surface area contributed by atoms with Crippen LogP contribution in [0, 0.1) is 10.1 Å². The van der Waals surface area contributed by atoms with Gasteiger partial charge in [-0.25, -0.2) is 5.43 Å². The summed E-state index contributed by atoms with van der Waals surface area (Å²) in [4.78, 5) is 22.6. The van der Waals surface area contributed by atoms with Gasteiger partial charge in [0, 0.05) is 5.56 Å². The molecule has 0 aliphatic rings. The highest BCUT2D eigenvalue weighted by atomic mass is 16.6. The quantitative estimate of drug-likeness (QED) is 0.420. The summed E-state index contributed by atoms with van der Waals surface area (Å²) in [5, 5.41) is 18.6. The fourth-order valence-electron chi connectivity index (χ4n) is 2.12. The van der Waals surface area contributed by atoms with Gasteiger partial charge >= 0.3 is 5.82 Å². The molecule has 2 aromatic heterocycles. The fraction of sp³-hybridized carbons (Fsp3) is 0.0625. The summed E-state index contributed by atoms with van der Waals surface area (Å²) in [6, 6.07) is 12.0. The lowest BCUT2D eigenvalue weighted by Crippen LogP contribution is -2.22. The Balaban J connectivity index is 1.80. The van der Waals surface area contributed by atoms with Gasteiger partial charge in [-0.2, -0.15) is 9.78 Å². The number of carbonyl (C=O) groups is 1. The molecule has 0 atom stereocenters. The van der Waals surface area contributed by atoms with E-state index >= 15 is 0 Å². The zero-order valence-electron chi connectivity index (χ0n) is 12.9. The van der Waals surface area contributed by atoms with Crippen molar-refractivity contribution in [3.8, 4) is 0 Å². The zero-order chi connectivity index (χ0) is 17.6. The van der Waals surface area contributed by atoms with Gasteiger partial charge in [0.15, 0.2) is 5.69 Å². The summed E-state index contributed by atoms with van der Waals surface area (Å²) >= 11 is 0. The number of hydrogen-bond donors (Lipinski definition) is 1. The monoisotopic (exact) mass is 339 g/mol. The Bertz CT molecular complexity index is 900. The predicted molar refractivity (Wildman–Crippen MR) is 88.2 cm³/mol. The molecule has 0 aliphatic heterocycles. The van der Waals surface area contributed by atoms with Crippen molar-refractivity contribution in [2.24, 2.45) is 5.10 Å². The Kier molecular flexibility index (Phi) is 4.65. The number of benzene rings is 1. The molecule has 1 N–H and O–H groups in total. The smallest absolute Gasteiger partial charge is 0.390 e. The first-order chi connectivity index (χ1) is 12.1. The highest BCUT2D eigenvalue weighted by molar-refractivity contribution is 5.93. The van der Waals surface area contributed by atoms with E-state index in [0.717, 1.165) is 11.6 Å². The number of hydrogen-bond acceptors (Lipinski definition) is 6. The summed E-state index contributed by atoms with van der Waals surface area (Å²) in [7, 11) is 0. The molecule has 0 bridgehead atoms. The molecule has 0 aliphatic carbocycles. The van der Waals surface area contributed by atoms with E-state index in [9.17, 15) is 14.9 Å². The van der Waals surface area contributed by atoms with Crippen LogP contribution < -0.4 is 5.43 Å². The van der Waals surface area contributed by atoms with Gasteiger partial charge in [-0.1, -0.05) is 30.3 Å². The van der Waals surface area contributed by atoms with E-state index < -0.39 is 16.6 Å². The third-order valence-electron chi connectivity index (χ3n) is 3.28. The third-order valence-corrected chi connectivity index (χ3v) is 3.28. The van der Waals surface area contributed by atoms with E-state index in [1.807, 2.05) is 30.3 Å². The standard InChI is InChI=1S/C16H13N5O4/c22-16(18-17-9-13-6-7-25-11-13)14-8-15(21(23)24)19-20(14)10-12-4-2-1-3-5-12/h1-9,11H,10H2,(H,18,22). The molecule has 126 valence electrons. The van der Waals surface area contributed by atoms with Gasteiger partial charge in [0.05, 0.1) is 36.5 Å². The van der Waals surface area contributed by atoms with Crippen molar-refractivity contribution in [1.29, 1.82) is 0 Å². The number of nitro groups is 1. The molecule has 0 saturated carbocycles. The first-order valence-corrected chi connectivity index (χ1v) is 7.25. The van der Waals surface area contributed by atoms with Crippen LogP contribution >= 0.6 is 0 Å². The summed E-state index contributed by atoms with van der Waals surface area (Å²) in [6.45, 7) is 0.225. The van der Waals surface area contributed by atoms with Crippen molar-refractivity contribution in [1.82, 2.24) is 15.2 Å². The lowest BCUT2D eigenvalue weighted by molar-refractivity contribution is -0.389. The molecule has 3 aromatic rings. The van der Waals surface area contributed by atoms with Crippen molar-refractivity contribution in [2.45, 2.75) is 6.54 Å². The van der Waals surface area contributed by atoms with E-state index in [-0.39, 0.29) is 12.2 Å². The van der Waals surface area contributed by atoms with Crippen molar-refractivity contribution >= 4 is 17.9 Å². The summed E-state index contributed by atoms with van der Waals surface area (Å²) in [5.41, 5.74) is 3.89. The second-order valence-electron chi connectivity index (χ2n) is 5.04. The number of nitrogens with zero attached hydrogens (tertiary/aromatic N) is 4. The van der Waals surface area contributed by atoms with E-state index in [1.165, 1.54) is 23.4 Å². The van der Waals surface area contributed by atoms with E-state index in [1.54, 1.807) is 6.07 Å². The average molecular weight is 339 g/mol. The van der Waals surface area contributed by atoms with Crippen LogP contribution in [0.5, 0.6) is 0 Å². The maximum atomic E-state index is 12.3. The highest BCUT2D eigenvalue weighted by Gasteiger charge is 2.23. The number of furan rings is 1. The van der Waals surface area contributed by atoms with E-state index in [4.69, 9.17) is 4.42 Å². The van der Waals surface area contributed by atoms with Crippen molar-refractivity contribution in [3.63, 3.8) is 0 Å². The SMILES string of the molecule is O=C(NN=Cc1ccoc1)c1cc([N+](=O)[O-])nn1Cc1ccccc1. The normalized spacial score (nSPS) is 10.9. The van der Waals surface area contributed by atoms with Crippen LogP contribution in [0.1, 0.15) is 21.6 Å². The maximum absolute atomic E-state index is 12.3. The molecule has 1 aromatic carbocycles. The van der Waals surface area contributed by atoms with Crippen LogP contribution in [0.4, 0.5) is 5.82 Å².